The zero-order valence-electron chi connectivity index (χ0n) is 17.0. The number of nitrogens with zero attached hydrogens (tertiary/aromatic N) is 3. The van der Waals surface area contributed by atoms with Crippen molar-refractivity contribution in [3.05, 3.63) is 46.7 Å². The van der Waals surface area contributed by atoms with Crippen LogP contribution in [0.2, 0.25) is 0 Å². The van der Waals surface area contributed by atoms with E-state index < -0.39 is 0 Å². The summed E-state index contributed by atoms with van der Waals surface area (Å²) in [6, 6.07) is 7.65. The van der Waals surface area contributed by atoms with Crippen molar-refractivity contribution in [3.63, 3.8) is 0 Å². The van der Waals surface area contributed by atoms with Gasteiger partial charge in [-0.1, -0.05) is 6.42 Å². The van der Waals surface area contributed by atoms with Gasteiger partial charge in [0.15, 0.2) is 0 Å². The van der Waals surface area contributed by atoms with Gasteiger partial charge in [-0.25, -0.2) is 0 Å². The van der Waals surface area contributed by atoms with E-state index in [1.807, 2.05) is 0 Å². The van der Waals surface area contributed by atoms with Crippen LogP contribution < -0.4 is 10.6 Å². The average Bonchev–Trinajstić information content (AvgIpc) is 3.16. The highest BCUT2D eigenvalue weighted by Gasteiger charge is 2.32. The van der Waals surface area contributed by atoms with Gasteiger partial charge in [0, 0.05) is 30.0 Å². The number of benzene rings is 1. The quantitative estimate of drug-likeness (QED) is 0.674. The lowest BCUT2D eigenvalue weighted by Gasteiger charge is -2.44. The van der Waals surface area contributed by atoms with Gasteiger partial charge in [-0.2, -0.15) is 5.10 Å². The van der Waals surface area contributed by atoms with E-state index in [2.05, 4.69) is 36.6 Å². The van der Waals surface area contributed by atoms with Gasteiger partial charge in [-0.3, -0.25) is 14.3 Å². The zero-order valence-corrected chi connectivity index (χ0v) is 18.6. The highest BCUT2D eigenvalue weighted by molar-refractivity contribution is 9.10. The molecule has 4 rings (SSSR count). The molecule has 2 aliphatic heterocycles. The van der Waals surface area contributed by atoms with Gasteiger partial charge in [-0.05, 0) is 84.9 Å². The number of anilines is 1. The number of piperidine rings is 2. The van der Waals surface area contributed by atoms with Crippen molar-refractivity contribution >= 4 is 33.4 Å². The normalized spacial score (nSPS) is 21.6. The molecule has 0 radical (unpaired) electrons. The molecule has 2 aliphatic rings. The number of rotatable bonds is 6. The van der Waals surface area contributed by atoms with Crippen LogP contribution in [0.15, 0.2) is 41.1 Å². The van der Waals surface area contributed by atoms with Crippen LogP contribution in [-0.2, 0) is 11.3 Å². The number of nitrogens with one attached hydrogen (secondary N) is 2. The van der Waals surface area contributed by atoms with E-state index in [1.165, 1.54) is 45.2 Å². The van der Waals surface area contributed by atoms with Gasteiger partial charge >= 0.3 is 0 Å². The van der Waals surface area contributed by atoms with Crippen LogP contribution in [0.3, 0.4) is 0 Å². The molecule has 30 heavy (non-hydrogen) atoms. The molecule has 1 aromatic carbocycles. The van der Waals surface area contributed by atoms with Crippen molar-refractivity contribution in [2.75, 3.05) is 25.0 Å². The van der Waals surface area contributed by atoms with Gasteiger partial charge < -0.3 is 15.5 Å². The summed E-state index contributed by atoms with van der Waals surface area (Å²) < 4.78 is 2.38. The van der Waals surface area contributed by atoms with Crippen molar-refractivity contribution in [2.45, 2.75) is 44.7 Å². The minimum atomic E-state index is -0.169. The number of carbonyl (C=O) groups excluding carboxylic acids is 2. The van der Waals surface area contributed by atoms with Crippen LogP contribution in [-0.4, -0.2) is 52.2 Å². The van der Waals surface area contributed by atoms with Crippen LogP contribution in [0, 0.1) is 5.92 Å². The SMILES string of the molecule is O=C(Cn1cc(Br)cn1)Nc1ccc(C(=O)NCC2CCCN3CCCCC23)cc1. The Morgan fingerprint density at radius 3 is 2.67 bits per heavy atom. The van der Waals surface area contributed by atoms with Gasteiger partial charge in [-0.15, -0.1) is 0 Å². The maximum Gasteiger partial charge on any atom is 0.251 e. The predicted molar refractivity (Wildman–Crippen MR) is 119 cm³/mol. The van der Waals surface area contributed by atoms with Gasteiger partial charge in [0.05, 0.1) is 10.7 Å². The monoisotopic (exact) mass is 473 g/mol. The molecular formula is C22H28BrN5O2. The predicted octanol–water partition coefficient (Wildman–Crippen LogP) is 3.28. The Labute approximate surface area is 185 Å². The molecule has 160 valence electrons. The highest BCUT2D eigenvalue weighted by atomic mass is 79.9. The van der Waals surface area contributed by atoms with Crippen molar-refractivity contribution in [3.8, 4) is 0 Å². The maximum atomic E-state index is 12.6. The van der Waals surface area contributed by atoms with E-state index in [0.717, 1.165) is 11.0 Å². The van der Waals surface area contributed by atoms with E-state index in [1.54, 1.807) is 41.3 Å². The third-order valence-electron chi connectivity index (χ3n) is 6.09. The topological polar surface area (TPSA) is 79.3 Å². The van der Waals surface area contributed by atoms with Gasteiger partial charge in [0.25, 0.3) is 5.91 Å². The fraction of sp³-hybridized carbons (Fsp3) is 0.500. The molecular weight excluding hydrogens is 446 g/mol. The molecule has 0 saturated carbocycles. The molecule has 2 atom stereocenters. The third kappa shape index (κ3) is 5.29. The summed E-state index contributed by atoms with van der Waals surface area (Å²) in [5, 5.41) is 10.0. The van der Waals surface area contributed by atoms with Crippen LogP contribution >= 0.6 is 15.9 Å². The second-order valence-corrected chi connectivity index (χ2v) is 9.11. The third-order valence-corrected chi connectivity index (χ3v) is 6.50. The van der Waals surface area contributed by atoms with E-state index >= 15 is 0 Å². The highest BCUT2D eigenvalue weighted by Crippen LogP contribution is 2.30. The fourth-order valence-corrected chi connectivity index (χ4v) is 4.95. The Morgan fingerprint density at radius 2 is 1.90 bits per heavy atom. The Bertz CT molecular complexity index is 880. The van der Waals surface area contributed by atoms with E-state index in [0.29, 0.717) is 23.2 Å². The van der Waals surface area contributed by atoms with Crippen LogP contribution in [0.5, 0.6) is 0 Å². The Hall–Kier alpha value is -2.19. The first-order chi connectivity index (χ1) is 14.6. The van der Waals surface area contributed by atoms with Crippen LogP contribution in [0.1, 0.15) is 42.5 Å². The number of carbonyl (C=O) groups is 2. The number of amides is 2. The molecule has 2 amide bonds. The van der Waals surface area contributed by atoms with Crippen LogP contribution in [0.25, 0.3) is 0 Å². The fourth-order valence-electron chi connectivity index (χ4n) is 4.62. The van der Waals surface area contributed by atoms with E-state index in [9.17, 15) is 9.59 Å². The lowest BCUT2D eigenvalue weighted by atomic mass is 9.83. The largest absolute Gasteiger partial charge is 0.352 e. The first-order valence-electron chi connectivity index (χ1n) is 10.7. The molecule has 2 fully saturated rings. The van der Waals surface area contributed by atoms with Crippen molar-refractivity contribution in [1.29, 1.82) is 0 Å². The van der Waals surface area contributed by atoms with Gasteiger partial charge in [0.2, 0.25) is 5.91 Å². The molecule has 3 heterocycles. The molecule has 7 nitrogen and oxygen atoms in total. The second kappa shape index (κ2) is 9.75. The average molecular weight is 474 g/mol. The summed E-state index contributed by atoms with van der Waals surface area (Å²) in [5.41, 5.74) is 1.27. The lowest BCUT2D eigenvalue weighted by Crippen LogP contribution is -2.51. The zero-order chi connectivity index (χ0) is 20.9. The maximum absolute atomic E-state index is 12.6. The summed E-state index contributed by atoms with van der Waals surface area (Å²) in [4.78, 5) is 27.3. The smallest absolute Gasteiger partial charge is 0.251 e. The Kier molecular flexibility index (Phi) is 6.84. The molecule has 2 unspecified atom stereocenters. The Morgan fingerprint density at radius 1 is 1.10 bits per heavy atom. The number of aromatic nitrogens is 2. The minimum absolute atomic E-state index is 0.0535. The summed E-state index contributed by atoms with van der Waals surface area (Å²) in [6.45, 7) is 3.28. The molecule has 0 aliphatic carbocycles. The molecule has 2 N–H and O–H groups in total. The minimum Gasteiger partial charge on any atom is -0.352 e. The Balaban J connectivity index is 1.27. The summed E-state index contributed by atoms with van der Waals surface area (Å²) in [5.74, 6) is 0.322. The first-order valence-corrected chi connectivity index (χ1v) is 11.5. The molecule has 0 bridgehead atoms. The molecule has 2 aromatic rings. The molecule has 1 aromatic heterocycles. The second-order valence-electron chi connectivity index (χ2n) is 8.19. The number of hydrogen-bond acceptors (Lipinski definition) is 4. The standard InChI is InChI=1S/C22H28BrN5O2/c23-18-13-25-28(14-18)15-21(29)26-19-8-6-16(7-9-19)22(30)24-12-17-4-3-11-27-10-2-1-5-20(17)27/h6-9,13-14,17,20H,1-5,10-12,15H2,(H,24,30)(H,26,29). The van der Waals surface area contributed by atoms with E-state index in [4.69, 9.17) is 0 Å². The van der Waals surface area contributed by atoms with Crippen molar-refractivity contribution < 1.29 is 9.59 Å². The molecule has 8 heteroatoms. The number of fused-ring (bicyclic) bond motifs is 1. The molecule has 2 saturated heterocycles. The summed E-state index contributed by atoms with van der Waals surface area (Å²) in [6.07, 6.45) is 9.66. The van der Waals surface area contributed by atoms with Crippen molar-refractivity contribution in [2.24, 2.45) is 5.92 Å². The van der Waals surface area contributed by atoms with Crippen molar-refractivity contribution in [1.82, 2.24) is 20.0 Å². The summed E-state index contributed by atoms with van der Waals surface area (Å²) in [7, 11) is 0. The lowest BCUT2D eigenvalue weighted by molar-refractivity contribution is -0.116. The van der Waals surface area contributed by atoms with E-state index in [-0.39, 0.29) is 18.4 Å². The number of halogens is 1. The first kappa shape index (κ1) is 21.1. The molecule has 0 spiro atoms. The number of hydrogen-bond donors (Lipinski definition) is 2. The summed E-state index contributed by atoms with van der Waals surface area (Å²) >= 11 is 3.31. The van der Waals surface area contributed by atoms with Crippen LogP contribution in [0.4, 0.5) is 5.69 Å². The van der Waals surface area contributed by atoms with Gasteiger partial charge in [0.1, 0.15) is 6.54 Å².